The number of hydrogen-bond acceptors (Lipinski definition) is 3. The van der Waals surface area contributed by atoms with Gasteiger partial charge in [-0.15, -0.1) is 24.0 Å². The normalized spacial score (nSPS) is 13.2. The Kier molecular flexibility index (Phi) is 12.9. The van der Waals surface area contributed by atoms with E-state index < -0.39 is 10.0 Å². The maximum Gasteiger partial charge on any atom is 0.215 e. The Labute approximate surface area is 182 Å². The first-order valence-corrected chi connectivity index (χ1v) is 11.0. The third-order valence-corrected chi connectivity index (χ3v) is 6.29. The van der Waals surface area contributed by atoms with E-state index in [1.165, 1.54) is 15.4 Å². The number of rotatable bonds is 10. The van der Waals surface area contributed by atoms with E-state index in [0.29, 0.717) is 38.1 Å². The van der Waals surface area contributed by atoms with Gasteiger partial charge in [0.2, 0.25) is 10.0 Å². The van der Waals surface area contributed by atoms with Crippen molar-refractivity contribution in [3.8, 4) is 0 Å². The zero-order valence-corrected chi connectivity index (χ0v) is 20.3. The second-order valence-electron chi connectivity index (χ2n) is 6.36. The predicted octanol–water partition coefficient (Wildman–Crippen LogP) is 2.94. The highest BCUT2D eigenvalue weighted by Gasteiger charge is 2.18. The number of hydrogen-bond donors (Lipinski definition) is 2. The van der Waals surface area contributed by atoms with Crippen LogP contribution in [0.25, 0.3) is 0 Å². The molecule has 0 saturated heterocycles. The second-order valence-corrected chi connectivity index (χ2v) is 8.45. The van der Waals surface area contributed by atoms with Gasteiger partial charge in [0.05, 0.1) is 5.75 Å². The zero-order chi connectivity index (χ0) is 19.6. The van der Waals surface area contributed by atoms with Crippen LogP contribution in [0.2, 0.25) is 0 Å². The minimum atomic E-state index is -3.22. The van der Waals surface area contributed by atoms with Crippen LogP contribution >= 0.6 is 24.0 Å². The SMILES string of the molecule is CCNC(=NCC(C)c1ccc(C)cc1)NCCS(=O)(=O)N(CC)CC.I. The molecule has 0 heterocycles. The number of nitrogens with zero attached hydrogens (tertiary/aromatic N) is 2. The molecule has 0 aliphatic heterocycles. The van der Waals surface area contributed by atoms with Crippen LogP contribution in [0.15, 0.2) is 29.3 Å². The molecule has 0 aliphatic rings. The Morgan fingerprint density at radius 1 is 1.11 bits per heavy atom. The lowest BCUT2D eigenvalue weighted by Crippen LogP contribution is -2.42. The molecule has 1 atom stereocenters. The monoisotopic (exact) mass is 510 g/mol. The average Bonchev–Trinajstić information content (AvgIpc) is 2.60. The Balaban J connectivity index is 0.00000676. The van der Waals surface area contributed by atoms with E-state index in [4.69, 9.17) is 0 Å². The molecule has 8 heteroatoms. The molecule has 0 bridgehead atoms. The molecule has 1 unspecified atom stereocenters. The van der Waals surface area contributed by atoms with Gasteiger partial charge >= 0.3 is 0 Å². The third-order valence-electron chi connectivity index (χ3n) is 4.27. The summed E-state index contributed by atoms with van der Waals surface area (Å²) in [5.41, 5.74) is 2.49. The van der Waals surface area contributed by atoms with E-state index in [9.17, 15) is 8.42 Å². The van der Waals surface area contributed by atoms with Crippen LogP contribution in [0.5, 0.6) is 0 Å². The molecule has 0 spiro atoms. The van der Waals surface area contributed by atoms with Crippen LogP contribution in [-0.2, 0) is 10.0 Å². The summed E-state index contributed by atoms with van der Waals surface area (Å²) in [4.78, 5) is 4.60. The summed E-state index contributed by atoms with van der Waals surface area (Å²) in [5.74, 6) is 1.01. The van der Waals surface area contributed by atoms with Gasteiger partial charge in [-0.2, -0.15) is 0 Å². The van der Waals surface area contributed by atoms with E-state index in [2.05, 4.69) is 53.7 Å². The van der Waals surface area contributed by atoms with Crippen molar-refractivity contribution in [3.63, 3.8) is 0 Å². The first-order valence-electron chi connectivity index (χ1n) is 9.40. The van der Waals surface area contributed by atoms with Crippen LogP contribution in [0.4, 0.5) is 0 Å². The van der Waals surface area contributed by atoms with Crippen molar-refractivity contribution in [2.24, 2.45) is 4.99 Å². The molecule has 2 N–H and O–H groups in total. The Hall–Kier alpha value is -0.870. The zero-order valence-electron chi connectivity index (χ0n) is 17.2. The van der Waals surface area contributed by atoms with Crippen LogP contribution in [-0.4, -0.2) is 57.2 Å². The molecule has 1 aromatic rings. The van der Waals surface area contributed by atoms with Gasteiger partial charge < -0.3 is 10.6 Å². The lowest BCUT2D eigenvalue weighted by atomic mass is 10.0. The van der Waals surface area contributed by atoms with E-state index in [-0.39, 0.29) is 29.7 Å². The number of aryl methyl sites for hydroxylation is 1. The average molecular weight is 510 g/mol. The smallest absolute Gasteiger partial charge is 0.215 e. The van der Waals surface area contributed by atoms with Gasteiger partial charge in [-0.05, 0) is 19.4 Å². The number of aliphatic imine (C=N–C) groups is 1. The number of halogens is 1. The molecule has 0 amide bonds. The Bertz CT molecular complexity index is 659. The summed E-state index contributed by atoms with van der Waals surface area (Å²) in [6.45, 7) is 12.6. The highest BCUT2D eigenvalue weighted by atomic mass is 127. The summed E-state index contributed by atoms with van der Waals surface area (Å²) < 4.78 is 26.0. The highest BCUT2D eigenvalue weighted by molar-refractivity contribution is 14.0. The fourth-order valence-corrected chi connectivity index (χ4v) is 4.02. The molecule has 156 valence electrons. The van der Waals surface area contributed by atoms with Crippen molar-refractivity contribution < 1.29 is 8.42 Å². The van der Waals surface area contributed by atoms with Gasteiger partial charge in [-0.1, -0.05) is 50.6 Å². The van der Waals surface area contributed by atoms with E-state index in [0.717, 1.165) is 6.54 Å². The summed E-state index contributed by atoms with van der Waals surface area (Å²) >= 11 is 0. The number of benzene rings is 1. The topological polar surface area (TPSA) is 73.8 Å². The standard InChI is InChI=1S/C19H34N4O2S.HI/c1-6-20-19(21-13-14-26(24,25)23(7-2)8-3)22-15-17(5)18-11-9-16(4)10-12-18;/h9-12,17H,6-8,13-15H2,1-5H3,(H2,20,21,22);1H. The van der Waals surface area contributed by atoms with Crippen molar-refractivity contribution in [2.75, 3.05) is 38.5 Å². The molecule has 6 nitrogen and oxygen atoms in total. The van der Waals surface area contributed by atoms with Crippen molar-refractivity contribution in [1.82, 2.24) is 14.9 Å². The van der Waals surface area contributed by atoms with Gasteiger partial charge in [-0.3, -0.25) is 4.99 Å². The molecule has 0 aromatic heterocycles. The molecule has 1 aromatic carbocycles. The second kappa shape index (κ2) is 13.3. The molecule has 1 rings (SSSR count). The van der Waals surface area contributed by atoms with Crippen LogP contribution in [0.1, 0.15) is 44.7 Å². The summed E-state index contributed by atoms with van der Waals surface area (Å²) in [7, 11) is -3.22. The highest BCUT2D eigenvalue weighted by Crippen LogP contribution is 2.15. The van der Waals surface area contributed by atoms with Gasteiger partial charge in [0, 0.05) is 38.6 Å². The van der Waals surface area contributed by atoms with Crippen LogP contribution < -0.4 is 10.6 Å². The maximum absolute atomic E-state index is 12.2. The van der Waals surface area contributed by atoms with Gasteiger partial charge in [0.1, 0.15) is 0 Å². The van der Waals surface area contributed by atoms with E-state index in [1.807, 2.05) is 20.8 Å². The first kappa shape index (κ1) is 26.1. The number of nitrogens with one attached hydrogen (secondary N) is 2. The quantitative estimate of drug-likeness (QED) is 0.289. The minimum absolute atomic E-state index is 0. The molecular formula is C19H35IN4O2S. The largest absolute Gasteiger partial charge is 0.357 e. The summed E-state index contributed by atoms with van der Waals surface area (Å²) in [5, 5.41) is 6.30. The number of sulfonamides is 1. The maximum atomic E-state index is 12.2. The molecule has 0 aliphatic carbocycles. The third kappa shape index (κ3) is 9.25. The van der Waals surface area contributed by atoms with Gasteiger partial charge in [0.15, 0.2) is 5.96 Å². The van der Waals surface area contributed by atoms with E-state index >= 15 is 0 Å². The van der Waals surface area contributed by atoms with Crippen molar-refractivity contribution in [1.29, 1.82) is 0 Å². The predicted molar refractivity (Wildman–Crippen MR) is 126 cm³/mol. The molecular weight excluding hydrogens is 475 g/mol. The summed E-state index contributed by atoms with van der Waals surface area (Å²) in [6, 6.07) is 8.48. The molecule has 0 saturated carbocycles. The molecule has 0 fully saturated rings. The van der Waals surface area contributed by atoms with Gasteiger partial charge in [-0.25, -0.2) is 12.7 Å². The van der Waals surface area contributed by atoms with Crippen molar-refractivity contribution in [2.45, 2.75) is 40.5 Å². The van der Waals surface area contributed by atoms with Crippen LogP contribution in [0, 0.1) is 6.92 Å². The fourth-order valence-electron chi connectivity index (χ4n) is 2.61. The first-order chi connectivity index (χ1) is 12.3. The summed E-state index contributed by atoms with van der Waals surface area (Å²) in [6.07, 6.45) is 0. The lowest BCUT2D eigenvalue weighted by Gasteiger charge is -2.19. The molecule has 0 radical (unpaired) electrons. The Morgan fingerprint density at radius 3 is 2.22 bits per heavy atom. The van der Waals surface area contributed by atoms with Crippen LogP contribution in [0.3, 0.4) is 0 Å². The van der Waals surface area contributed by atoms with Crippen molar-refractivity contribution in [3.05, 3.63) is 35.4 Å². The minimum Gasteiger partial charge on any atom is -0.357 e. The lowest BCUT2D eigenvalue weighted by molar-refractivity contribution is 0.445. The Morgan fingerprint density at radius 2 is 1.70 bits per heavy atom. The molecule has 27 heavy (non-hydrogen) atoms. The van der Waals surface area contributed by atoms with E-state index in [1.54, 1.807) is 0 Å². The van der Waals surface area contributed by atoms with Crippen molar-refractivity contribution >= 4 is 40.0 Å². The fraction of sp³-hybridized carbons (Fsp3) is 0.632. The number of guanidine groups is 1. The van der Waals surface area contributed by atoms with Gasteiger partial charge in [0.25, 0.3) is 0 Å².